The Bertz CT molecular complexity index is 273. The van der Waals surface area contributed by atoms with Crippen LogP contribution in [-0.4, -0.2) is 50.7 Å². The van der Waals surface area contributed by atoms with Gasteiger partial charge in [0.2, 0.25) is 0 Å². The minimum atomic E-state index is -0.484. The minimum Gasteiger partial charge on any atom is -0.450 e. The van der Waals surface area contributed by atoms with Crippen LogP contribution in [-0.2, 0) is 14.2 Å². The number of carbonyl (C=O) groups is 2. The van der Waals surface area contributed by atoms with E-state index in [9.17, 15) is 9.59 Å². The Labute approximate surface area is 126 Å². The van der Waals surface area contributed by atoms with E-state index >= 15 is 0 Å². The van der Waals surface area contributed by atoms with Crippen molar-refractivity contribution < 1.29 is 23.8 Å². The van der Waals surface area contributed by atoms with Crippen molar-refractivity contribution in [2.75, 3.05) is 26.3 Å². The molecular formula is C14H28N2O5. The standard InChI is InChI=1S/C14H28N2O5/c1-5-7-19-13(17)15-9-12(21-11(3)4)10-16-14(18)20-8-6-2/h11-12H,5-10H2,1-4H3,(H,15,17)(H,16,18). The summed E-state index contributed by atoms with van der Waals surface area (Å²) < 4.78 is 15.4. The van der Waals surface area contributed by atoms with Crippen LogP contribution in [0.4, 0.5) is 9.59 Å². The lowest BCUT2D eigenvalue weighted by molar-refractivity contribution is 0.00847. The van der Waals surface area contributed by atoms with Crippen LogP contribution < -0.4 is 10.6 Å². The highest BCUT2D eigenvalue weighted by Crippen LogP contribution is 1.97. The van der Waals surface area contributed by atoms with Crippen molar-refractivity contribution in [2.24, 2.45) is 0 Å². The van der Waals surface area contributed by atoms with Gasteiger partial charge in [0, 0.05) is 13.1 Å². The van der Waals surface area contributed by atoms with Gasteiger partial charge in [0.05, 0.1) is 25.4 Å². The van der Waals surface area contributed by atoms with Gasteiger partial charge < -0.3 is 24.8 Å². The SMILES string of the molecule is CCCOC(=O)NCC(CNC(=O)OCCC)OC(C)C. The van der Waals surface area contributed by atoms with Gasteiger partial charge >= 0.3 is 12.2 Å². The molecule has 2 amide bonds. The van der Waals surface area contributed by atoms with Gasteiger partial charge in [0.1, 0.15) is 0 Å². The first-order valence-corrected chi connectivity index (χ1v) is 7.46. The molecule has 124 valence electrons. The molecule has 0 heterocycles. The number of nitrogens with one attached hydrogen (secondary N) is 2. The highest BCUT2D eigenvalue weighted by Gasteiger charge is 2.15. The summed E-state index contributed by atoms with van der Waals surface area (Å²) in [5.41, 5.74) is 0. The van der Waals surface area contributed by atoms with E-state index in [-0.39, 0.29) is 25.3 Å². The zero-order chi connectivity index (χ0) is 16.1. The second kappa shape index (κ2) is 12.3. The summed E-state index contributed by atoms with van der Waals surface area (Å²) in [5, 5.41) is 5.22. The predicted octanol–water partition coefficient (Wildman–Crippen LogP) is 2.05. The van der Waals surface area contributed by atoms with Crippen LogP contribution in [0.5, 0.6) is 0 Å². The van der Waals surface area contributed by atoms with E-state index in [2.05, 4.69) is 10.6 Å². The third-order valence-corrected chi connectivity index (χ3v) is 2.29. The summed E-state index contributed by atoms with van der Waals surface area (Å²) in [4.78, 5) is 22.7. The molecule has 0 bridgehead atoms. The maximum Gasteiger partial charge on any atom is 0.407 e. The average molecular weight is 304 g/mol. The maximum absolute atomic E-state index is 11.4. The molecule has 0 aromatic heterocycles. The summed E-state index contributed by atoms with van der Waals surface area (Å²) in [6, 6.07) is 0. The van der Waals surface area contributed by atoms with Crippen molar-refractivity contribution in [3.63, 3.8) is 0 Å². The topological polar surface area (TPSA) is 85.9 Å². The van der Waals surface area contributed by atoms with E-state index in [0.29, 0.717) is 13.2 Å². The van der Waals surface area contributed by atoms with Crippen molar-refractivity contribution in [1.29, 1.82) is 0 Å². The summed E-state index contributed by atoms with van der Waals surface area (Å²) in [6.07, 6.45) is 0.213. The van der Waals surface area contributed by atoms with E-state index in [4.69, 9.17) is 14.2 Å². The van der Waals surface area contributed by atoms with Gasteiger partial charge in [0.15, 0.2) is 0 Å². The van der Waals surface area contributed by atoms with Gasteiger partial charge in [-0.05, 0) is 26.7 Å². The Morgan fingerprint density at radius 2 is 1.33 bits per heavy atom. The molecule has 2 N–H and O–H groups in total. The third-order valence-electron chi connectivity index (χ3n) is 2.29. The lowest BCUT2D eigenvalue weighted by atomic mass is 10.3. The first kappa shape index (κ1) is 19.5. The molecular weight excluding hydrogens is 276 g/mol. The summed E-state index contributed by atoms with van der Waals surface area (Å²) >= 11 is 0. The number of hydrogen-bond donors (Lipinski definition) is 2. The van der Waals surface area contributed by atoms with E-state index in [0.717, 1.165) is 12.8 Å². The molecule has 0 aliphatic carbocycles. The number of amides is 2. The molecule has 0 fully saturated rings. The number of alkyl carbamates (subject to hydrolysis) is 2. The molecule has 0 radical (unpaired) electrons. The van der Waals surface area contributed by atoms with Crippen LogP contribution in [0.25, 0.3) is 0 Å². The van der Waals surface area contributed by atoms with Gasteiger partial charge in [-0.1, -0.05) is 13.8 Å². The molecule has 0 atom stereocenters. The highest BCUT2D eigenvalue weighted by atomic mass is 16.6. The molecule has 0 aliphatic rings. The number of ether oxygens (including phenoxy) is 3. The first-order valence-electron chi connectivity index (χ1n) is 7.46. The fourth-order valence-electron chi connectivity index (χ4n) is 1.44. The van der Waals surface area contributed by atoms with E-state index in [1.54, 1.807) is 0 Å². The Kier molecular flexibility index (Phi) is 11.4. The quantitative estimate of drug-likeness (QED) is 0.645. The Hall–Kier alpha value is -1.50. The van der Waals surface area contributed by atoms with Crippen molar-refractivity contribution in [3.8, 4) is 0 Å². The maximum atomic E-state index is 11.4. The molecule has 0 saturated heterocycles. The molecule has 0 aromatic carbocycles. The zero-order valence-corrected chi connectivity index (χ0v) is 13.4. The van der Waals surface area contributed by atoms with Crippen molar-refractivity contribution in [2.45, 2.75) is 52.7 Å². The molecule has 0 aromatic rings. The number of carbonyl (C=O) groups excluding carboxylic acids is 2. The molecule has 7 nitrogen and oxygen atoms in total. The van der Waals surface area contributed by atoms with E-state index < -0.39 is 12.2 Å². The molecule has 0 spiro atoms. The fourth-order valence-corrected chi connectivity index (χ4v) is 1.44. The molecule has 21 heavy (non-hydrogen) atoms. The normalized spacial score (nSPS) is 10.6. The highest BCUT2D eigenvalue weighted by molar-refractivity contribution is 5.67. The number of hydrogen-bond acceptors (Lipinski definition) is 5. The van der Waals surface area contributed by atoms with Gasteiger partial charge in [-0.2, -0.15) is 0 Å². The van der Waals surface area contributed by atoms with Crippen molar-refractivity contribution >= 4 is 12.2 Å². The van der Waals surface area contributed by atoms with Crippen LogP contribution >= 0.6 is 0 Å². The van der Waals surface area contributed by atoms with Gasteiger partial charge in [0.25, 0.3) is 0 Å². The molecule has 7 heteroatoms. The minimum absolute atomic E-state index is 0.0167. The smallest absolute Gasteiger partial charge is 0.407 e. The summed E-state index contributed by atoms with van der Waals surface area (Å²) in [5.74, 6) is 0. The van der Waals surface area contributed by atoms with E-state index in [1.165, 1.54) is 0 Å². The van der Waals surface area contributed by atoms with Gasteiger partial charge in [-0.25, -0.2) is 9.59 Å². The van der Waals surface area contributed by atoms with Gasteiger partial charge in [-0.3, -0.25) is 0 Å². The first-order chi connectivity index (χ1) is 9.99. The van der Waals surface area contributed by atoms with Crippen LogP contribution in [0.15, 0.2) is 0 Å². The van der Waals surface area contributed by atoms with Crippen LogP contribution in [0.1, 0.15) is 40.5 Å². The second-order valence-electron chi connectivity index (χ2n) is 4.84. The lowest BCUT2D eigenvalue weighted by Crippen LogP contribution is -2.43. The van der Waals surface area contributed by atoms with Gasteiger partial charge in [-0.15, -0.1) is 0 Å². The fraction of sp³-hybridized carbons (Fsp3) is 0.857. The lowest BCUT2D eigenvalue weighted by Gasteiger charge is -2.21. The van der Waals surface area contributed by atoms with E-state index in [1.807, 2.05) is 27.7 Å². The Morgan fingerprint density at radius 3 is 1.67 bits per heavy atom. The van der Waals surface area contributed by atoms with Crippen LogP contribution in [0, 0.1) is 0 Å². The molecule has 0 unspecified atom stereocenters. The monoisotopic (exact) mass is 304 g/mol. The molecule has 0 aliphatic heterocycles. The Morgan fingerprint density at radius 1 is 0.905 bits per heavy atom. The average Bonchev–Trinajstić information content (AvgIpc) is 2.45. The second-order valence-corrected chi connectivity index (χ2v) is 4.84. The Balaban J connectivity index is 4.07. The predicted molar refractivity (Wildman–Crippen MR) is 79.3 cm³/mol. The van der Waals surface area contributed by atoms with Crippen LogP contribution in [0.3, 0.4) is 0 Å². The van der Waals surface area contributed by atoms with Crippen molar-refractivity contribution in [3.05, 3.63) is 0 Å². The largest absolute Gasteiger partial charge is 0.450 e. The summed E-state index contributed by atoms with van der Waals surface area (Å²) in [7, 11) is 0. The molecule has 0 rings (SSSR count). The van der Waals surface area contributed by atoms with Crippen LogP contribution in [0.2, 0.25) is 0 Å². The third kappa shape index (κ3) is 12.0. The van der Waals surface area contributed by atoms with Crippen molar-refractivity contribution in [1.82, 2.24) is 10.6 Å². The summed E-state index contributed by atoms with van der Waals surface area (Å²) in [6.45, 7) is 8.89. The zero-order valence-electron chi connectivity index (χ0n) is 13.4. The molecule has 0 saturated carbocycles. The number of rotatable bonds is 10.